The highest BCUT2D eigenvalue weighted by molar-refractivity contribution is 7.90. The van der Waals surface area contributed by atoms with Gasteiger partial charge < -0.3 is 10.6 Å². The Hall–Kier alpha value is -0.910. The van der Waals surface area contributed by atoms with Gasteiger partial charge in [-0.25, -0.2) is 8.42 Å². The van der Waals surface area contributed by atoms with Crippen molar-refractivity contribution in [1.82, 2.24) is 4.90 Å². The van der Waals surface area contributed by atoms with Crippen LogP contribution in [-0.4, -0.2) is 45.0 Å². The van der Waals surface area contributed by atoms with E-state index in [1.165, 1.54) is 17.4 Å². The van der Waals surface area contributed by atoms with Crippen molar-refractivity contribution < 1.29 is 8.42 Å². The maximum atomic E-state index is 11.3. The molecule has 0 amide bonds. The number of rotatable bonds is 4. The van der Waals surface area contributed by atoms with E-state index in [1.807, 2.05) is 13.1 Å². The van der Waals surface area contributed by atoms with Gasteiger partial charge in [0.15, 0.2) is 0 Å². The van der Waals surface area contributed by atoms with Crippen LogP contribution in [0.2, 0.25) is 0 Å². The first-order valence-corrected chi connectivity index (χ1v) is 9.08. The van der Waals surface area contributed by atoms with Crippen LogP contribution in [0.5, 0.6) is 0 Å². The Balaban J connectivity index is 2.15. The minimum atomic E-state index is -2.93. The van der Waals surface area contributed by atoms with Crippen LogP contribution >= 0.6 is 0 Å². The topological polar surface area (TPSA) is 63.4 Å². The predicted octanol–water partition coefficient (Wildman–Crippen LogP) is 1.54. The maximum Gasteiger partial charge on any atom is 0.148 e. The van der Waals surface area contributed by atoms with Crippen LogP contribution in [-0.2, 0) is 9.84 Å². The Morgan fingerprint density at radius 3 is 2.50 bits per heavy atom. The molecule has 0 saturated heterocycles. The molecule has 0 spiro atoms. The van der Waals surface area contributed by atoms with Crippen LogP contribution in [0.25, 0.3) is 0 Å². The number of hydrogen-bond donors (Lipinski definition) is 1. The summed E-state index contributed by atoms with van der Waals surface area (Å²) in [4.78, 5) is 2.10. The molecule has 1 aliphatic carbocycles. The largest absolute Gasteiger partial charge is 0.323 e. The van der Waals surface area contributed by atoms with Gasteiger partial charge in [-0.05, 0) is 30.5 Å². The van der Waals surface area contributed by atoms with Gasteiger partial charge in [0.25, 0.3) is 0 Å². The van der Waals surface area contributed by atoms with Gasteiger partial charge in [0.1, 0.15) is 9.84 Å². The Bertz CT molecular complexity index is 571. The summed E-state index contributed by atoms with van der Waals surface area (Å²) in [6, 6.07) is 8.45. The molecule has 0 aromatic heterocycles. The van der Waals surface area contributed by atoms with Gasteiger partial charge in [-0.1, -0.05) is 31.2 Å². The quantitative estimate of drug-likeness (QED) is 0.915. The summed E-state index contributed by atoms with van der Waals surface area (Å²) in [7, 11) is -0.963. The first-order chi connectivity index (χ1) is 9.29. The summed E-state index contributed by atoms with van der Waals surface area (Å²) < 4.78 is 22.6. The number of fused-ring (bicyclic) bond motifs is 1. The molecule has 0 radical (unpaired) electrons. The summed E-state index contributed by atoms with van der Waals surface area (Å²) >= 11 is 0. The van der Waals surface area contributed by atoms with Crippen LogP contribution in [0.4, 0.5) is 0 Å². The molecule has 3 atom stereocenters. The van der Waals surface area contributed by atoms with Crippen molar-refractivity contribution in [3.8, 4) is 0 Å². The fourth-order valence-electron chi connectivity index (χ4n) is 3.04. The summed E-state index contributed by atoms with van der Waals surface area (Å²) in [6.45, 7) is 2.74. The van der Waals surface area contributed by atoms with E-state index in [1.54, 1.807) is 0 Å². The van der Waals surface area contributed by atoms with E-state index in [9.17, 15) is 8.42 Å². The molecule has 1 aliphatic rings. The average Bonchev–Trinajstić information content (AvgIpc) is 2.39. The van der Waals surface area contributed by atoms with E-state index in [0.717, 1.165) is 6.42 Å². The van der Waals surface area contributed by atoms with Crippen molar-refractivity contribution in [1.29, 1.82) is 0 Å². The molecule has 0 heterocycles. The fourth-order valence-corrected chi connectivity index (χ4v) is 3.66. The standard InChI is InChI=1S/C15H24N2O2S/c1-11-10-14(17(2)8-9-20(3,18)19)15(16)13-7-5-4-6-12(11)13/h4-7,11,14-15H,8-10,16H2,1-3H3. The number of nitrogens with zero attached hydrogens (tertiary/aromatic N) is 1. The van der Waals surface area contributed by atoms with Crippen LogP contribution in [0.3, 0.4) is 0 Å². The second-order valence-electron chi connectivity index (χ2n) is 5.97. The molecule has 4 nitrogen and oxygen atoms in total. The zero-order valence-electron chi connectivity index (χ0n) is 12.4. The zero-order chi connectivity index (χ0) is 14.9. The molecule has 0 bridgehead atoms. The van der Waals surface area contributed by atoms with Crippen molar-refractivity contribution in [3.05, 3.63) is 35.4 Å². The van der Waals surface area contributed by atoms with Gasteiger partial charge in [0.05, 0.1) is 5.75 Å². The van der Waals surface area contributed by atoms with Crippen molar-refractivity contribution >= 4 is 9.84 Å². The molecule has 0 saturated carbocycles. The van der Waals surface area contributed by atoms with Crippen LogP contribution < -0.4 is 5.73 Å². The lowest BCUT2D eigenvalue weighted by atomic mass is 9.78. The Morgan fingerprint density at radius 1 is 1.30 bits per heavy atom. The molecule has 1 aromatic rings. The SMILES string of the molecule is CC1CC(N(C)CCS(C)(=O)=O)C(N)c2ccccc21. The number of benzene rings is 1. The summed E-state index contributed by atoms with van der Waals surface area (Å²) in [5, 5.41) is 0. The smallest absolute Gasteiger partial charge is 0.148 e. The number of hydrogen-bond acceptors (Lipinski definition) is 4. The molecule has 2 rings (SSSR count). The molecule has 2 N–H and O–H groups in total. The van der Waals surface area contributed by atoms with Gasteiger partial charge >= 0.3 is 0 Å². The lowest BCUT2D eigenvalue weighted by molar-refractivity contribution is 0.191. The van der Waals surface area contributed by atoms with Crippen LogP contribution in [0.15, 0.2) is 24.3 Å². The van der Waals surface area contributed by atoms with Gasteiger partial charge in [0.2, 0.25) is 0 Å². The van der Waals surface area contributed by atoms with Crippen molar-refractivity contribution in [2.45, 2.75) is 31.3 Å². The average molecular weight is 296 g/mol. The third-order valence-corrected chi connectivity index (χ3v) is 5.20. The van der Waals surface area contributed by atoms with Gasteiger partial charge in [-0.2, -0.15) is 0 Å². The van der Waals surface area contributed by atoms with E-state index in [-0.39, 0.29) is 17.8 Å². The monoisotopic (exact) mass is 296 g/mol. The van der Waals surface area contributed by atoms with E-state index in [2.05, 4.69) is 30.0 Å². The third kappa shape index (κ3) is 3.40. The summed E-state index contributed by atoms with van der Waals surface area (Å²) in [5.41, 5.74) is 8.93. The van der Waals surface area contributed by atoms with E-state index in [0.29, 0.717) is 12.5 Å². The highest BCUT2D eigenvalue weighted by atomic mass is 32.2. The third-order valence-electron chi connectivity index (χ3n) is 4.28. The molecule has 112 valence electrons. The summed E-state index contributed by atoms with van der Waals surface area (Å²) in [6.07, 6.45) is 2.25. The molecule has 0 fully saturated rings. The summed E-state index contributed by atoms with van der Waals surface area (Å²) in [5.74, 6) is 0.639. The number of sulfone groups is 1. The van der Waals surface area contributed by atoms with Gasteiger partial charge in [-0.15, -0.1) is 0 Å². The second kappa shape index (κ2) is 5.84. The molecule has 1 aromatic carbocycles. The highest BCUT2D eigenvalue weighted by Gasteiger charge is 2.33. The van der Waals surface area contributed by atoms with Crippen molar-refractivity contribution in [2.24, 2.45) is 5.73 Å². The molecular weight excluding hydrogens is 272 g/mol. The maximum absolute atomic E-state index is 11.3. The Morgan fingerprint density at radius 2 is 1.90 bits per heavy atom. The molecule has 0 aliphatic heterocycles. The second-order valence-corrected chi connectivity index (χ2v) is 8.23. The first-order valence-electron chi connectivity index (χ1n) is 7.02. The number of likely N-dealkylation sites (N-methyl/N-ethyl adjacent to an activating group) is 1. The first kappa shape index (κ1) is 15.5. The Kier molecular flexibility index (Phi) is 4.52. The van der Waals surface area contributed by atoms with Crippen LogP contribution in [0, 0.1) is 0 Å². The van der Waals surface area contributed by atoms with Crippen LogP contribution in [0.1, 0.15) is 36.4 Å². The van der Waals surface area contributed by atoms with E-state index in [4.69, 9.17) is 5.73 Å². The van der Waals surface area contributed by atoms with Gasteiger partial charge in [0, 0.05) is 24.9 Å². The highest BCUT2D eigenvalue weighted by Crippen LogP contribution is 2.37. The van der Waals surface area contributed by atoms with Gasteiger partial charge in [-0.3, -0.25) is 0 Å². The van der Waals surface area contributed by atoms with E-state index >= 15 is 0 Å². The molecular formula is C15H24N2O2S. The molecule has 5 heteroatoms. The minimum Gasteiger partial charge on any atom is -0.323 e. The lowest BCUT2D eigenvalue weighted by Gasteiger charge is -2.40. The molecule has 3 unspecified atom stereocenters. The van der Waals surface area contributed by atoms with Crippen molar-refractivity contribution in [3.63, 3.8) is 0 Å². The van der Waals surface area contributed by atoms with E-state index < -0.39 is 9.84 Å². The molecule has 20 heavy (non-hydrogen) atoms. The Labute approximate surface area is 121 Å². The van der Waals surface area contributed by atoms with Crippen molar-refractivity contribution in [2.75, 3.05) is 25.6 Å². The zero-order valence-corrected chi connectivity index (χ0v) is 13.2. The number of nitrogens with two attached hydrogens (primary N) is 1. The normalized spacial score (nSPS) is 26.6. The predicted molar refractivity (Wildman–Crippen MR) is 82.5 cm³/mol. The fraction of sp³-hybridized carbons (Fsp3) is 0.600. The minimum absolute atomic E-state index is 0.0491. The lowest BCUT2D eigenvalue weighted by Crippen LogP contribution is -2.45.